The predicted molar refractivity (Wildman–Crippen MR) is 67.2 cm³/mol. The first-order valence-corrected chi connectivity index (χ1v) is 6.52. The maximum Gasteiger partial charge on any atom is 0.0102 e. The van der Waals surface area contributed by atoms with Gasteiger partial charge < -0.3 is 10.2 Å². The summed E-state index contributed by atoms with van der Waals surface area (Å²) in [6.07, 6.45) is 4.22. The van der Waals surface area contributed by atoms with Crippen LogP contribution < -0.4 is 5.32 Å². The molecular formula is C13H28N2. The van der Waals surface area contributed by atoms with Crippen molar-refractivity contribution >= 4 is 0 Å². The Morgan fingerprint density at radius 3 is 2.33 bits per heavy atom. The molecule has 1 fully saturated rings. The van der Waals surface area contributed by atoms with E-state index in [2.05, 4.69) is 37.9 Å². The van der Waals surface area contributed by atoms with E-state index in [9.17, 15) is 0 Å². The van der Waals surface area contributed by atoms with Crippen molar-refractivity contribution in [3.8, 4) is 0 Å². The lowest BCUT2D eigenvalue weighted by atomic mass is 9.84. The molecule has 1 saturated heterocycles. The fraction of sp³-hybridized carbons (Fsp3) is 1.00. The first-order chi connectivity index (χ1) is 7.06. The SMILES string of the molecule is CCNC(C)C(C)(C)CN1CCCCC1. The largest absolute Gasteiger partial charge is 0.314 e. The molecule has 2 nitrogen and oxygen atoms in total. The Labute approximate surface area is 95.4 Å². The van der Waals surface area contributed by atoms with E-state index in [1.54, 1.807) is 0 Å². The molecule has 1 aliphatic rings. The number of piperidine rings is 1. The van der Waals surface area contributed by atoms with Gasteiger partial charge in [-0.25, -0.2) is 0 Å². The lowest BCUT2D eigenvalue weighted by Gasteiger charge is -2.39. The summed E-state index contributed by atoms with van der Waals surface area (Å²) in [6.45, 7) is 14.2. The third-order valence-corrected chi connectivity index (χ3v) is 3.76. The lowest BCUT2D eigenvalue weighted by Crippen LogP contribution is -2.47. The van der Waals surface area contributed by atoms with Crippen LogP contribution >= 0.6 is 0 Å². The van der Waals surface area contributed by atoms with Crippen LogP contribution in [0.15, 0.2) is 0 Å². The van der Waals surface area contributed by atoms with E-state index in [1.807, 2.05) is 0 Å². The van der Waals surface area contributed by atoms with Gasteiger partial charge in [0.2, 0.25) is 0 Å². The minimum absolute atomic E-state index is 0.382. The van der Waals surface area contributed by atoms with Crippen molar-refractivity contribution in [3.63, 3.8) is 0 Å². The van der Waals surface area contributed by atoms with Crippen LogP contribution in [0.4, 0.5) is 0 Å². The van der Waals surface area contributed by atoms with Crippen LogP contribution in [0.3, 0.4) is 0 Å². The summed E-state index contributed by atoms with van der Waals surface area (Å²) < 4.78 is 0. The number of rotatable bonds is 5. The van der Waals surface area contributed by atoms with Crippen molar-refractivity contribution in [1.29, 1.82) is 0 Å². The molecule has 1 rings (SSSR count). The number of hydrogen-bond acceptors (Lipinski definition) is 2. The van der Waals surface area contributed by atoms with Gasteiger partial charge in [-0.3, -0.25) is 0 Å². The molecule has 1 aliphatic heterocycles. The summed E-state index contributed by atoms with van der Waals surface area (Å²) in [7, 11) is 0. The molecule has 0 saturated carbocycles. The normalized spacial score (nSPS) is 21.6. The molecule has 90 valence electrons. The monoisotopic (exact) mass is 212 g/mol. The van der Waals surface area contributed by atoms with Crippen molar-refractivity contribution in [3.05, 3.63) is 0 Å². The van der Waals surface area contributed by atoms with Crippen molar-refractivity contribution < 1.29 is 0 Å². The third-order valence-electron chi connectivity index (χ3n) is 3.76. The Morgan fingerprint density at radius 2 is 1.80 bits per heavy atom. The van der Waals surface area contributed by atoms with Gasteiger partial charge in [-0.1, -0.05) is 27.2 Å². The van der Waals surface area contributed by atoms with Gasteiger partial charge in [0.05, 0.1) is 0 Å². The molecule has 1 unspecified atom stereocenters. The molecule has 0 amide bonds. The van der Waals surface area contributed by atoms with Crippen molar-refractivity contribution in [2.75, 3.05) is 26.2 Å². The Kier molecular flexibility index (Phi) is 5.07. The summed E-state index contributed by atoms with van der Waals surface area (Å²) in [4.78, 5) is 2.64. The molecule has 0 bridgehead atoms. The molecule has 0 aliphatic carbocycles. The number of hydrogen-bond donors (Lipinski definition) is 1. The van der Waals surface area contributed by atoms with E-state index in [4.69, 9.17) is 0 Å². The summed E-state index contributed by atoms with van der Waals surface area (Å²) in [6, 6.07) is 0.601. The second-order valence-electron chi connectivity index (χ2n) is 5.60. The predicted octanol–water partition coefficient (Wildman–Crippen LogP) is 2.50. The highest BCUT2D eigenvalue weighted by atomic mass is 15.1. The van der Waals surface area contributed by atoms with Crippen LogP contribution in [-0.4, -0.2) is 37.1 Å². The standard InChI is InChI=1S/C13H28N2/c1-5-14-12(2)13(3,4)11-15-9-7-6-8-10-15/h12,14H,5-11H2,1-4H3. The van der Waals surface area contributed by atoms with Crippen LogP contribution in [0, 0.1) is 5.41 Å². The quantitative estimate of drug-likeness (QED) is 0.753. The van der Waals surface area contributed by atoms with Gasteiger partial charge in [0.25, 0.3) is 0 Å². The zero-order chi connectivity index (χ0) is 11.3. The van der Waals surface area contributed by atoms with Crippen LogP contribution in [0.5, 0.6) is 0 Å². The minimum atomic E-state index is 0.382. The molecule has 1 atom stereocenters. The van der Waals surface area contributed by atoms with Gasteiger partial charge in [0.15, 0.2) is 0 Å². The van der Waals surface area contributed by atoms with E-state index < -0.39 is 0 Å². The average Bonchev–Trinajstić information content (AvgIpc) is 2.19. The van der Waals surface area contributed by atoms with Gasteiger partial charge in [0.1, 0.15) is 0 Å². The van der Waals surface area contributed by atoms with Crippen LogP contribution in [0.25, 0.3) is 0 Å². The van der Waals surface area contributed by atoms with E-state index in [0.717, 1.165) is 6.54 Å². The summed E-state index contributed by atoms with van der Waals surface area (Å²) in [5.41, 5.74) is 0.382. The Hall–Kier alpha value is -0.0800. The van der Waals surface area contributed by atoms with Gasteiger partial charge >= 0.3 is 0 Å². The summed E-state index contributed by atoms with van der Waals surface area (Å²) >= 11 is 0. The zero-order valence-corrected chi connectivity index (χ0v) is 11.0. The molecule has 0 spiro atoms. The van der Waals surface area contributed by atoms with Crippen molar-refractivity contribution in [2.24, 2.45) is 5.41 Å². The lowest BCUT2D eigenvalue weighted by molar-refractivity contribution is 0.125. The highest BCUT2D eigenvalue weighted by Crippen LogP contribution is 2.23. The van der Waals surface area contributed by atoms with E-state index in [1.165, 1.54) is 38.9 Å². The molecule has 0 aromatic carbocycles. The van der Waals surface area contributed by atoms with Crippen molar-refractivity contribution in [2.45, 2.75) is 53.0 Å². The zero-order valence-electron chi connectivity index (χ0n) is 11.0. The Morgan fingerprint density at radius 1 is 1.20 bits per heavy atom. The van der Waals surface area contributed by atoms with Crippen LogP contribution in [0.2, 0.25) is 0 Å². The fourth-order valence-corrected chi connectivity index (χ4v) is 2.41. The highest BCUT2D eigenvalue weighted by molar-refractivity contribution is 4.84. The summed E-state index contributed by atoms with van der Waals surface area (Å²) in [5.74, 6) is 0. The third kappa shape index (κ3) is 4.12. The highest BCUT2D eigenvalue weighted by Gasteiger charge is 2.28. The molecule has 0 aromatic rings. The van der Waals surface area contributed by atoms with Gasteiger partial charge in [-0.2, -0.15) is 0 Å². The molecule has 1 N–H and O–H groups in total. The van der Waals surface area contributed by atoms with E-state index >= 15 is 0 Å². The second-order valence-corrected chi connectivity index (χ2v) is 5.60. The maximum absolute atomic E-state index is 3.55. The molecule has 1 heterocycles. The minimum Gasteiger partial charge on any atom is -0.314 e. The van der Waals surface area contributed by atoms with Crippen LogP contribution in [-0.2, 0) is 0 Å². The van der Waals surface area contributed by atoms with Gasteiger partial charge in [-0.05, 0) is 44.8 Å². The molecular weight excluding hydrogens is 184 g/mol. The van der Waals surface area contributed by atoms with Crippen molar-refractivity contribution in [1.82, 2.24) is 10.2 Å². The summed E-state index contributed by atoms with van der Waals surface area (Å²) in [5, 5.41) is 3.55. The second kappa shape index (κ2) is 5.86. The number of nitrogens with zero attached hydrogens (tertiary/aromatic N) is 1. The number of likely N-dealkylation sites (tertiary alicyclic amines) is 1. The van der Waals surface area contributed by atoms with E-state index in [0.29, 0.717) is 11.5 Å². The Balaban J connectivity index is 2.39. The molecule has 15 heavy (non-hydrogen) atoms. The smallest absolute Gasteiger partial charge is 0.0102 e. The first kappa shape index (κ1) is 13.0. The Bertz CT molecular complexity index is 171. The fourth-order valence-electron chi connectivity index (χ4n) is 2.41. The maximum atomic E-state index is 3.55. The molecule has 0 aromatic heterocycles. The van der Waals surface area contributed by atoms with E-state index in [-0.39, 0.29) is 0 Å². The first-order valence-electron chi connectivity index (χ1n) is 6.52. The molecule has 2 heteroatoms. The van der Waals surface area contributed by atoms with Gasteiger partial charge in [0, 0.05) is 12.6 Å². The van der Waals surface area contributed by atoms with Crippen LogP contribution in [0.1, 0.15) is 47.0 Å². The topological polar surface area (TPSA) is 15.3 Å². The molecule has 0 radical (unpaired) electrons. The van der Waals surface area contributed by atoms with Gasteiger partial charge in [-0.15, -0.1) is 0 Å². The average molecular weight is 212 g/mol. The number of nitrogens with one attached hydrogen (secondary N) is 1.